The minimum atomic E-state index is -0.699. The molecule has 7 nitrogen and oxygen atoms in total. The van der Waals surface area contributed by atoms with Crippen LogP contribution in [0.25, 0.3) is 0 Å². The topological polar surface area (TPSA) is 84.4 Å². The van der Waals surface area contributed by atoms with Crippen molar-refractivity contribution >= 4 is 18.3 Å². The molecule has 2 aromatic rings. The quantitative estimate of drug-likeness (QED) is 0.789. The summed E-state index contributed by atoms with van der Waals surface area (Å²) in [7, 11) is 0. The summed E-state index contributed by atoms with van der Waals surface area (Å²) in [6, 6.07) is 2.68. The molecule has 29 heavy (non-hydrogen) atoms. The molecule has 1 aliphatic rings. The molecule has 1 saturated heterocycles. The third kappa shape index (κ3) is 5.04. The number of alkyl carbamates (subject to hydrolysis) is 1. The lowest BCUT2D eigenvalue weighted by molar-refractivity contribution is 0.0504. The Balaban J connectivity index is 1.87. The van der Waals surface area contributed by atoms with E-state index in [2.05, 4.69) is 15.3 Å². The zero-order valence-corrected chi connectivity index (χ0v) is 16.4. The van der Waals surface area contributed by atoms with E-state index in [-0.39, 0.29) is 18.7 Å². The highest BCUT2D eigenvalue weighted by atomic mass is 19.1. The molecule has 1 aromatic heterocycles. The molecule has 9 heteroatoms. The summed E-state index contributed by atoms with van der Waals surface area (Å²) in [4.78, 5) is 33.1. The first kappa shape index (κ1) is 20.6. The largest absolute Gasteiger partial charge is 0.444 e. The van der Waals surface area contributed by atoms with Crippen LogP contribution in [0.2, 0.25) is 0 Å². The van der Waals surface area contributed by atoms with Crippen molar-refractivity contribution in [1.29, 1.82) is 0 Å². The summed E-state index contributed by atoms with van der Waals surface area (Å²) < 4.78 is 33.5. The number of carbonyl (C=O) groups is 2. The SMILES string of the molecule is CC(C)(C)OC(=O)NC1CN(c2ncc(C=O)cn2)CC1c1cc(F)ccc1F. The fourth-order valence-electron chi connectivity index (χ4n) is 3.24. The van der Waals surface area contributed by atoms with Crippen LogP contribution in [0, 0.1) is 11.6 Å². The Morgan fingerprint density at radius 1 is 1.24 bits per heavy atom. The molecule has 0 bridgehead atoms. The number of anilines is 1. The third-order valence-corrected chi connectivity index (χ3v) is 4.46. The van der Waals surface area contributed by atoms with Gasteiger partial charge in [-0.2, -0.15) is 0 Å². The Labute approximate surface area is 167 Å². The van der Waals surface area contributed by atoms with Crippen LogP contribution in [0.3, 0.4) is 0 Å². The first-order valence-corrected chi connectivity index (χ1v) is 9.13. The van der Waals surface area contributed by atoms with Gasteiger partial charge in [0.1, 0.15) is 17.2 Å². The number of amides is 1. The second kappa shape index (κ2) is 8.10. The van der Waals surface area contributed by atoms with Crippen molar-refractivity contribution in [2.75, 3.05) is 18.0 Å². The summed E-state index contributed by atoms with van der Waals surface area (Å²) >= 11 is 0. The second-order valence-corrected chi connectivity index (χ2v) is 7.86. The van der Waals surface area contributed by atoms with Gasteiger partial charge in [-0.1, -0.05) is 0 Å². The lowest BCUT2D eigenvalue weighted by Crippen LogP contribution is -2.43. The molecule has 2 unspecified atom stereocenters. The van der Waals surface area contributed by atoms with Crippen LogP contribution in [-0.4, -0.2) is 47.1 Å². The van der Waals surface area contributed by atoms with Gasteiger partial charge in [0.05, 0.1) is 11.6 Å². The van der Waals surface area contributed by atoms with E-state index in [9.17, 15) is 18.4 Å². The van der Waals surface area contributed by atoms with Crippen LogP contribution in [0.1, 0.15) is 42.6 Å². The lowest BCUT2D eigenvalue weighted by atomic mass is 9.94. The van der Waals surface area contributed by atoms with Crippen molar-refractivity contribution in [2.24, 2.45) is 0 Å². The number of nitrogens with one attached hydrogen (secondary N) is 1. The normalized spacial score (nSPS) is 19.1. The van der Waals surface area contributed by atoms with Crippen LogP contribution in [-0.2, 0) is 4.74 Å². The maximum atomic E-state index is 14.4. The molecular weight excluding hydrogens is 382 g/mol. The van der Waals surface area contributed by atoms with Gasteiger partial charge in [-0.3, -0.25) is 4.79 Å². The molecule has 0 saturated carbocycles. The molecule has 0 radical (unpaired) electrons. The molecule has 2 atom stereocenters. The predicted octanol–water partition coefficient (Wildman–Crippen LogP) is 3.06. The zero-order chi connectivity index (χ0) is 21.2. The maximum Gasteiger partial charge on any atom is 0.407 e. The Kier molecular flexibility index (Phi) is 5.76. The van der Waals surface area contributed by atoms with E-state index in [1.54, 1.807) is 25.7 Å². The van der Waals surface area contributed by atoms with E-state index in [0.29, 0.717) is 17.8 Å². The number of nitrogens with zero attached hydrogens (tertiary/aromatic N) is 3. The predicted molar refractivity (Wildman–Crippen MR) is 102 cm³/mol. The van der Waals surface area contributed by atoms with E-state index in [4.69, 9.17) is 4.74 Å². The molecule has 1 fully saturated rings. The van der Waals surface area contributed by atoms with E-state index in [1.807, 2.05) is 0 Å². The maximum absolute atomic E-state index is 14.4. The van der Waals surface area contributed by atoms with Gasteiger partial charge in [0.25, 0.3) is 0 Å². The summed E-state index contributed by atoms with van der Waals surface area (Å²) in [5, 5.41) is 2.75. The van der Waals surface area contributed by atoms with Crippen LogP contribution in [0.15, 0.2) is 30.6 Å². The van der Waals surface area contributed by atoms with E-state index in [1.165, 1.54) is 12.4 Å². The van der Waals surface area contributed by atoms with Crippen LogP contribution in [0.5, 0.6) is 0 Å². The molecule has 1 N–H and O–H groups in total. The third-order valence-electron chi connectivity index (χ3n) is 4.46. The standard InChI is InChI=1S/C20H22F2N4O3/c1-20(2,3)29-19(28)25-17-10-26(18-23-7-12(11-27)8-24-18)9-15(17)14-6-13(21)4-5-16(14)22/h4-8,11,15,17H,9-10H2,1-3H3,(H,25,28). The average molecular weight is 404 g/mol. The molecule has 1 aromatic carbocycles. The molecule has 154 valence electrons. The van der Waals surface area contributed by atoms with Crippen molar-refractivity contribution in [1.82, 2.24) is 15.3 Å². The van der Waals surface area contributed by atoms with Gasteiger partial charge in [0, 0.05) is 31.4 Å². The molecule has 2 heterocycles. The van der Waals surface area contributed by atoms with Crippen molar-refractivity contribution in [3.05, 3.63) is 53.4 Å². The van der Waals surface area contributed by atoms with Crippen LogP contribution >= 0.6 is 0 Å². The van der Waals surface area contributed by atoms with Gasteiger partial charge < -0.3 is 15.0 Å². The van der Waals surface area contributed by atoms with Gasteiger partial charge in [-0.25, -0.2) is 23.5 Å². The van der Waals surface area contributed by atoms with Crippen molar-refractivity contribution < 1.29 is 23.1 Å². The minimum absolute atomic E-state index is 0.151. The monoisotopic (exact) mass is 404 g/mol. The van der Waals surface area contributed by atoms with Crippen molar-refractivity contribution in [3.8, 4) is 0 Å². The van der Waals surface area contributed by atoms with Gasteiger partial charge in [-0.15, -0.1) is 0 Å². The van der Waals surface area contributed by atoms with E-state index < -0.39 is 35.3 Å². The van der Waals surface area contributed by atoms with E-state index >= 15 is 0 Å². The molecular formula is C20H22F2N4O3. The van der Waals surface area contributed by atoms with Gasteiger partial charge in [0.15, 0.2) is 6.29 Å². The Bertz CT molecular complexity index is 900. The Hall–Kier alpha value is -3.10. The number of ether oxygens (including phenoxy) is 1. The van der Waals surface area contributed by atoms with E-state index in [0.717, 1.165) is 18.2 Å². The molecule has 1 aliphatic heterocycles. The van der Waals surface area contributed by atoms with Crippen LogP contribution in [0.4, 0.5) is 19.5 Å². The molecule has 1 amide bonds. The fraction of sp³-hybridized carbons (Fsp3) is 0.400. The highest BCUT2D eigenvalue weighted by Crippen LogP contribution is 2.32. The highest BCUT2D eigenvalue weighted by Gasteiger charge is 2.38. The second-order valence-electron chi connectivity index (χ2n) is 7.86. The first-order valence-electron chi connectivity index (χ1n) is 9.13. The Morgan fingerprint density at radius 3 is 2.55 bits per heavy atom. The summed E-state index contributed by atoms with van der Waals surface area (Å²) in [6.45, 7) is 5.72. The highest BCUT2D eigenvalue weighted by molar-refractivity contribution is 5.73. The van der Waals surface area contributed by atoms with Gasteiger partial charge in [-0.05, 0) is 44.5 Å². The average Bonchev–Trinajstić information content (AvgIpc) is 3.05. The zero-order valence-electron chi connectivity index (χ0n) is 16.4. The minimum Gasteiger partial charge on any atom is -0.444 e. The molecule has 0 aliphatic carbocycles. The smallest absolute Gasteiger partial charge is 0.407 e. The number of hydrogen-bond donors (Lipinski definition) is 1. The number of halogens is 2. The number of carbonyl (C=O) groups excluding carboxylic acids is 2. The van der Waals surface area contributed by atoms with Gasteiger partial charge in [0.2, 0.25) is 5.95 Å². The first-order chi connectivity index (χ1) is 13.7. The van der Waals surface area contributed by atoms with Crippen molar-refractivity contribution in [2.45, 2.75) is 38.3 Å². The number of rotatable bonds is 4. The van der Waals surface area contributed by atoms with Gasteiger partial charge >= 0.3 is 6.09 Å². The molecule has 0 spiro atoms. The summed E-state index contributed by atoms with van der Waals surface area (Å²) in [5.74, 6) is -1.35. The number of benzene rings is 1. The summed E-state index contributed by atoms with van der Waals surface area (Å²) in [6.07, 6.45) is 2.73. The van der Waals surface area contributed by atoms with Crippen molar-refractivity contribution in [3.63, 3.8) is 0 Å². The number of aromatic nitrogens is 2. The Morgan fingerprint density at radius 2 is 1.93 bits per heavy atom. The fourth-order valence-corrected chi connectivity index (χ4v) is 3.24. The summed E-state index contributed by atoms with van der Waals surface area (Å²) in [5.41, 5.74) is -0.224. The molecule has 3 rings (SSSR count). The number of aldehydes is 1. The number of hydrogen-bond acceptors (Lipinski definition) is 6. The van der Waals surface area contributed by atoms with Crippen LogP contribution < -0.4 is 10.2 Å². The lowest BCUT2D eigenvalue weighted by Gasteiger charge is -2.24.